The van der Waals surface area contributed by atoms with Gasteiger partial charge in [0.05, 0.1) is 25.0 Å². The summed E-state index contributed by atoms with van der Waals surface area (Å²) in [5, 5.41) is 2.85. The Labute approximate surface area is 151 Å². The second kappa shape index (κ2) is 7.29. The molecule has 1 N–H and O–H groups in total. The fourth-order valence-corrected chi connectivity index (χ4v) is 3.73. The number of rotatable bonds is 4. The Morgan fingerprint density at radius 2 is 2.04 bits per heavy atom. The number of carbonyl (C=O) groups excluding carboxylic acids is 2. The summed E-state index contributed by atoms with van der Waals surface area (Å²) in [6.45, 7) is 1.00. The minimum absolute atomic E-state index is 0.00391. The van der Waals surface area contributed by atoms with Crippen LogP contribution in [0.25, 0.3) is 0 Å². The van der Waals surface area contributed by atoms with Crippen molar-refractivity contribution >= 4 is 11.8 Å². The van der Waals surface area contributed by atoms with Gasteiger partial charge in [-0.15, -0.1) is 0 Å². The summed E-state index contributed by atoms with van der Waals surface area (Å²) < 4.78 is 11.2. The van der Waals surface area contributed by atoms with Crippen molar-refractivity contribution < 1.29 is 18.7 Å². The maximum atomic E-state index is 12.7. The Hall–Kier alpha value is -2.67. The van der Waals surface area contributed by atoms with Gasteiger partial charge in [0.2, 0.25) is 5.91 Å². The van der Waals surface area contributed by atoms with Crippen LogP contribution in [0.15, 0.2) is 47.3 Å². The van der Waals surface area contributed by atoms with E-state index in [4.69, 9.17) is 9.15 Å². The Bertz CT molecular complexity index is 762. The fourth-order valence-electron chi connectivity index (χ4n) is 3.73. The minimum atomic E-state index is -0.470. The number of nitrogens with one attached hydrogen (secondary N) is 1. The van der Waals surface area contributed by atoms with Crippen molar-refractivity contribution in [3.8, 4) is 0 Å². The summed E-state index contributed by atoms with van der Waals surface area (Å²) in [7, 11) is 0. The molecule has 7 heteroatoms. The molecule has 2 aliphatic rings. The molecule has 2 aromatic rings. The first-order chi connectivity index (χ1) is 12.7. The molecule has 2 aliphatic heterocycles. The molecule has 2 amide bonds. The lowest BCUT2D eigenvalue weighted by Crippen LogP contribution is -2.48. The van der Waals surface area contributed by atoms with Crippen molar-refractivity contribution in [2.75, 3.05) is 6.54 Å². The molecule has 2 aromatic heterocycles. The highest BCUT2D eigenvalue weighted by molar-refractivity contribution is 5.94. The summed E-state index contributed by atoms with van der Waals surface area (Å²) in [6.07, 6.45) is 6.39. The highest BCUT2D eigenvalue weighted by Crippen LogP contribution is 2.32. The molecule has 0 unspecified atom stereocenters. The molecule has 7 nitrogen and oxygen atoms in total. The lowest BCUT2D eigenvalue weighted by atomic mass is 9.98. The molecule has 0 radical (unpaired) electrons. The van der Waals surface area contributed by atoms with E-state index >= 15 is 0 Å². The van der Waals surface area contributed by atoms with Crippen LogP contribution in [-0.4, -0.2) is 46.5 Å². The Kier molecular flexibility index (Phi) is 4.71. The van der Waals surface area contributed by atoms with Gasteiger partial charge >= 0.3 is 0 Å². The van der Waals surface area contributed by atoms with E-state index in [-0.39, 0.29) is 24.0 Å². The van der Waals surface area contributed by atoms with Gasteiger partial charge in [-0.2, -0.15) is 0 Å². The summed E-state index contributed by atoms with van der Waals surface area (Å²) in [5.74, 6) is 0.588. The predicted molar refractivity (Wildman–Crippen MR) is 92.1 cm³/mol. The zero-order valence-corrected chi connectivity index (χ0v) is 14.3. The number of amides is 2. The highest BCUT2D eigenvalue weighted by atomic mass is 16.5. The highest BCUT2D eigenvalue weighted by Gasteiger charge is 2.43. The molecular weight excluding hydrogens is 334 g/mol. The fraction of sp³-hybridized carbons (Fsp3) is 0.421. The third-order valence-corrected chi connectivity index (χ3v) is 5.05. The molecule has 0 spiro atoms. The first-order valence-corrected chi connectivity index (χ1v) is 8.89. The molecule has 4 rings (SSSR count). The minimum Gasteiger partial charge on any atom is -0.467 e. The molecule has 136 valence electrons. The number of furan rings is 1. The van der Waals surface area contributed by atoms with Crippen LogP contribution in [0.2, 0.25) is 0 Å². The molecule has 2 fully saturated rings. The van der Waals surface area contributed by atoms with Gasteiger partial charge in [-0.25, -0.2) is 0 Å². The topological polar surface area (TPSA) is 84.7 Å². The van der Waals surface area contributed by atoms with Crippen molar-refractivity contribution in [1.29, 1.82) is 0 Å². The van der Waals surface area contributed by atoms with E-state index in [0.29, 0.717) is 30.8 Å². The van der Waals surface area contributed by atoms with Crippen LogP contribution in [0.1, 0.15) is 35.4 Å². The van der Waals surface area contributed by atoms with Crippen LogP contribution >= 0.6 is 0 Å². The summed E-state index contributed by atoms with van der Waals surface area (Å²) >= 11 is 0. The molecule has 0 aliphatic carbocycles. The summed E-state index contributed by atoms with van der Waals surface area (Å²) in [4.78, 5) is 30.9. The number of likely N-dealkylation sites (tertiary alicyclic amines) is 1. The molecule has 0 bridgehead atoms. The van der Waals surface area contributed by atoms with Crippen LogP contribution < -0.4 is 5.32 Å². The van der Waals surface area contributed by atoms with Crippen LogP contribution in [0.5, 0.6) is 0 Å². The van der Waals surface area contributed by atoms with E-state index in [1.54, 1.807) is 36.9 Å². The van der Waals surface area contributed by atoms with E-state index in [9.17, 15) is 9.59 Å². The number of fused-ring (bicyclic) bond motifs is 1. The molecule has 0 aromatic carbocycles. The number of hydrogen-bond donors (Lipinski definition) is 1. The number of hydrogen-bond acceptors (Lipinski definition) is 5. The van der Waals surface area contributed by atoms with Crippen molar-refractivity contribution in [1.82, 2.24) is 15.2 Å². The van der Waals surface area contributed by atoms with E-state index in [2.05, 4.69) is 10.3 Å². The van der Waals surface area contributed by atoms with Gasteiger partial charge in [-0.1, -0.05) is 0 Å². The van der Waals surface area contributed by atoms with Crippen molar-refractivity contribution in [2.45, 2.75) is 44.1 Å². The van der Waals surface area contributed by atoms with Crippen LogP contribution in [0.4, 0.5) is 0 Å². The van der Waals surface area contributed by atoms with Gasteiger partial charge in [-0.3, -0.25) is 14.6 Å². The van der Waals surface area contributed by atoms with E-state index < -0.39 is 6.10 Å². The Morgan fingerprint density at radius 1 is 1.19 bits per heavy atom. The SMILES string of the molecule is O=C(NCc1ccco1)[C@H]1CC[C@@H]2[C@@H](CCN2C(=O)c2ccncc2)O1. The average Bonchev–Trinajstić information content (AvgIpc) is 3.35. The number of pyridine rings is 1. The van der Waals surface area contributed by atoms with Crippen LogP contribution in [0.3, 0.4) is 0 Å². The van der Waals surface area contributed by atoms with Crippen LogP contribution in [0, 0.1) is 0 Å². The molecule has 26 heavy (non-hydrogen) atoms. The smallest absolute Gasteiger partial charge is 0.254 e. The molecular formula is C19H21N3O4. The van der Waals surface area contributed by atoms with E-state index in [0.717, 1.165) is 12.8 Å². The Morgan fingerprint density at radius 3 is 2.81 bits per heavy atom. The first kappa shape index (κ1) is 16.8. The number of ether oxygens (including phenoxy) is 1. The van der Waals surface area contributed by atoms with Crippen molar-refractivity contribution in [3.63, 3.8) is 0 Å². The third-order valence-electron chi connectivity index (χ3n) is 5.05. The monoisotopic (exact) mass is 355 g/mol. The van der Waals surface area contributed by atoms with Gasteiger partial charge in [0, 0.05) is 24.5 Å². The first-order valence-electron chi connectivity index (χ1n) is 8.89. The van der Waals surface area contributed by atoms with Gasteiger partial charge in [0.15, 0.2) is 0 Å². The summed E-state index contributed by atoms with van der Waals surface area (Å²) in [5.41, 5.74) is 0.638. The molecule has 2 saturated heterocycles. The quantitative estimate of drug-likeness (QED) is 0.903. The van der Waals surface area contributed by atoms with E-state index in [1.807, 2.05) is 11.0 Å². The zero-order chi connectivity index (χ0) is 17.9. The second-order valence-corrected chi connectivity index (χ2v) is 6.63. The van der Waals surface area contributed by atoms with Crippen LogP contribution in [-0.2, 0) is 16.1 Å². The number of nitrogens with zero attached hydrogens (tertiary/aromatic N) is 2. The largest absolute Gasteiger partial charge is 0.467 e. The third kappa shape index (κ3) is 3.35. The normalized spacial score (nSPS) is 24.9. The average molecular weight is 355 g/mol. The summed E-state index contributed by atoms with van der Waals surface area (Å²) in [6, 6.07) is 7.09. The number of carbonyl (C=O) groups is 2. The Balaban J connectivity index is 1.34. The van der Waals surface area contributed by atoms with Gasteiger partial charge < -0.3 is 19.4 Å². The predicted octanol–water partition coefficient (Wildman–Crippen LogP) is 1.75. The lowest BCUT2D eigenvalue weighted by molar-refractivity contribution is -0.143. The van der Waals surface area contributed by atoms with E-state index in [1.165, 1.54) is 0 Å². The maximum Gasteiger partial charge on any atom is 0.254 e. The van der Waals surface area contributed by atoms with Gasteiger partial charge in [0.1, 0.15) is 11.9 Å². The molecule has 0 saturated carbocycles. The van der Waals surface area contributed by atoms with Gasteiger partial charge in [-0.05, 0) is 43.5 Å². The second-order valence-electron chi connectivity index (χ2n) is 6.63. The van der Waals surface area contributed by atoms with Gasteiger partial charge in [0.25, 0.3) is 5.91 Å². The number of aromatic nitrogens is 1. The lowest BCUT2D eigenvalue weighted by Gasteiger charge is -2.35. The standard InChI is InChI=1S/C19H21N3O4/c23-18(21-12-14-2-1-11-25-14)17-4-3-15-16(26-17)7-10-22(15)19(24)13-5-8-20-9-6-13/h1-2,5-6,8-9,11,15-17H,3-4,7,10,12H2,(H,21,23)/t15-,16-,17-/m1/s1. The maximum absolute atomic E-state index is 12.7. The molecule has 4 heterocycles. The zero-order valence-electron chi connectivity index (χ0n) is 14.3. The van der Waals surface area contributed by atoms with Crippen molar-refractivity contribution in [2.24, 2.45) is 0 Å². The molecule has 3 atom stereocenters. The van der Waals surface area contributed by atoms with Crippen molar-refractivity contribution in [3.05, 3.63) is 54.2 Å².